The summed E-state index contributed by atoms with van der Waals surface area (Å²) in [6, 6.07) is 17.4. The third-order valence-electron chi connectivity index (χ3n) is 6.69. The first-order valence-corrected chi connectivity index (χ1v) is 9.94. The molecule has 0 unspecified atom stereocenters. The van der Waals surface area contributed by atoms with Crippen molar-refractivity contribution in [3.63, 3.8) is 0 Å². The second-order valence-electron chi connectivity index (χ2n) is 8.14. The van der Waals surface area contributed by atoms with Crippen LogP contribution in [0.3, 0.4) is 0 Å². The van der Waals surface area contributed by atoms with E-state index in [1.807, 2.05) is 6.07 Å². The van der Waals surface area contributed by atoms with Crippen LogP contribution in [0.25, 0.3) is 10.9 Å². The van der Waals surface area contributed by atoms with Gasteiger partial charge in [0.05, 0.1) is 7.11 Å². The van der Waals surface area contributed by atoms with E-state index in [1.54, 1.807) is 7.11 Å². The molecule has 27 heavy (non-hydrogen) atoms. The molecule has 3 aromatic rings. The number of ether oxygens (including phenoxy) is 1. The van der Waals surface area contributed by atoms with Crippen LogP contribution in [0.4, 0.5) is 0 Å². The highest BCUT2D eigenvalue weighted by molar-refractivity contribution is 5.86. The van der Waals surface area contributed by atoms with E-state index < -0.39 is 0 Å². The van der Waals surface area contributed by atoms with Crippen molar-refractivity contribution in [2.24, 2.45) is 0 Å². The molecule has 0 bridgehead atoms. The van der Waals surface area contributed by atoms with E-state index in [0.29, 0.717) is 5.92 Å². The summed E-state index contributed by atoms with van der Waals surface area (Å²) < 4.78 is 5.42. The SMILES string of the molecule is COc1ccc2[nH]c(C3CCC(c4ccccc4)(N(C)C)CC3)c(C)c2c1. The van der Waals surface area contributed by atoms with Crippen LogP contribution < -0.4 is 4.74 Å². The third-order valence-corrected chi connectivity index (χ3v) is 6.69. The van der Waals surface area contributed by atoms with Gasteiger partial charge in [-0.15, -0.1) is 0 Å². The number of methoxy groups -OCH3 is 1. The van der Waals surface area contributed by atoms with Gasteiger partial charge in [-0.25, -0.2) is 0 Å². The molecule has 0 spiro atoms. The van der Waals surface area contributed by atoms with Gasteiger partial charge in [0.1, 0.15) is 5.75 Å². The molecule has 1 aliphatic carbocycles. The molecule has 1 aliphatic rings. The number of hydrogen-bond acceptors (Lipinski definition) is 2. The fourth-order valence-electron chi connectivity index (χ4n) is 4.99. The summed E-state index contributed by atoms with van der Waals surface area (Å²) in [7, 11) is 6.19. The van der Waals surface area contributed by atoms with Crippen molar-refractivity contribution in [3.05, 3.63) is 65.4 Å². The van der Waals surface area contributed by atoms with Crippen molar-refractivity contribution in [1.29, 1.82) is 0 Å². The number of rotatable bonds is 4. The van der Waals surface area contributed by atoms with E-state index >= 15 is 0 Å². The zero-order valence-electron chi connectivity index (χ0n) is 16.9. The molecule has 0 radical (unpaired) electrons. The van der Waals surface area contributed by atoms with Gasteiger partial charge >= 0.3 is 0 Å². The molecule has 3 nitrogen and oxygen atoms in total. The number of fused-ring (bicyclic) bond motifs is 1. The number of aromatic nitrogens is 1. The summed E-state index contributed by atoms with van der Waals surface area (Å²) in [5.41, 5.74) is 5.62. The van der Waals surface area contributed by atoms with Gasteiger partial charge in [0.25, 0.3) is 0 Å². The normalized spacial score (nSPS) is 23.1. The molecule has 1 saturated carbocycles. The Bertz CT molecular complexity index is 918. The Morgan fingerprint density at radius 2 is 1.74 bits per heavy atom. The highest BCUT2D eigenvalue weighted by atomic mass is 16.5. The van der Waals surface area contributed by atoms with Crippen LogP contribution in [-0.4, -0.2) is 31.1 Å². The number of aryl methyl sites for hydroxylation is 1. The number of aromatic amines is 1. The van der Waals surface area contributed by atoms with Gasteiger partial charge < -0.3 is 9.72 Å². The van der Waals surface area contributed by atoms with Gasteiger partial charge in [-0.1, -0.05) is 30.3 Å². The lowest BCUT2D eigenvalue weighted by atomic mass is 9.71. The molecular formula is C24H30N2O. The van der Waals surface area contributed by atoms with E-state index in [4.69, 9.17) is 4.74 Å². The maximum absolute atomic E-state index is 5.42. The first-order valence-electron chi connectivity index (χ1n) is 9.94. The van der Waals surface area contributed by atoms with E-state index in [2.05, 4.69) is 73.4 Å². The number of H-pyrrole nitrogens is 1. The van der Waals surface area contributed by atoms with Gasteiger partial charge in [0.2, 0.25) is 0 Å². The maximum atomic E-state index is 5.42. The zero-order chi connectivity index (χ0) is 19.0. The number of nitrogens with zero attached hydrogens (tertiary/aromatic N) is 1. The van der Waals surface area contributed by atoms with Crippen LogP contribution in [0.1, 0.15) is 48.4 Å². The molecule has 0 aliphatic heterocycles. The molecule has 1 aromatic heterocycles. The van der Waals surface area contributed by atoms with Crippen LogP contribution in [0.2, 0.25) is 0 Å². The minimum Gasteiger partial charge on any atom is -0.497 e. The van der Waals surface area contributed by atoms with Crippen molar-refractivity contribution in [1.82, 2.24) is 9.88 Å². The van der Waals surface area contributed by atoms with E-state index in [-0.39, 0.29) is 5.54 Å². The molecule has 3 heteroatoms. The molecule has 1 N–H and O–H groups in total. The van der Waals surface area contributed by atoms with Crippen LogP contribution in [0.15, 0.2) is 48.5 Å². The average molecular weight is 363 g/mol. The van der Waals surface area contributed by atoms with Crippen molar-refractivity contribution in [3.8, 4) is 5.75 Å². The maximum Gasteiger partial charge on any atom is 0.119 e. The largest absolute Gasteiger partial charge is 0.497 e. The van der Waals surface area contributed by atoms with Crippen molar-refractivity contribution < 1.29 is 4.74 Å². The van der Waals surface area contributed by atoms with Gasteiger partial charge in [-0.05, 0) is 81.9 Å². The molecule has 142 valence electrons. The monoisotopic (exact) mass is 362 g/mol. The Kier molecular flexibility index (Phi) is 4.73. The standard InChI is InChI=1S/C24H30N2O/c1-17-21-16-20(27-4)10-11-22(21)25-23(17)18-12-14-24(15-13-18,26(2)3)19-8-6-5-7-9-19/h5-11,16,18,25H,12-15H2,1-4H3. The van der Waals surface area contributed by atoms with E-state index in [9.17, 15) is 0 Å². The molecule has 0 saturated heterocycles. The summed E-state index contributed by atoms with van der Waals surface area (Å²) in [4.78, 5) is 6.14. The Balaban J connectivity index is 1.62. The lowest BCUT2D eigenvalue weighted by Crippen LogP contribution is -2.44. The van der Waals surface area contributed by atoms with E-state index in [0.717, 1.165) is 5.75 Å². The molecule has 2 aromatic carbocycles. The van der Waals surface area contributed by atoms with Crippen LogP contribution in [0, 0.1) is 6.92 Å². The quantitative estimate of drug-likeness (QED) is 0.654. The molecule has 1 fully saturated rings. The first-order chi connectivity index (χ1) is 13.0. The van der Waals surface area contributed by atoms with Gasteiger partial charge in [0, 0.05) is 22.1 Å². The Hall–Kier alpha value is -2.26. The van der Waals surface area contributed by atoms with Crippen LogP contribution in [-0.2, 0) is 5.54 Å². The van der Waals surface area contributed by atoms with Gasteiger partial charge in [-0.3, -0.25) is 4.90 Å². The summed E-state index contributed by atoms with van der Waals surface area (Å²) in [5.74, 6) is 1.52. The molecule has 4 rings (SSSR count). The van der Waals surface area contributed by atoms with Gasteiger partial charge in [0.15, 0.2) is 0 Å². The number of benzene rings is 2. The van der Waals surface area contributed by atoms with Crippen molar-refractivity contribution >= 4 is 10.9 Å². The second kappa shape index (κ2) is 7.05. The Morgan fingerprint density at radius 3 is 2.37 bits per heavy atom. The number of hydrogen-bond donors (Lipinski definition) is 1. The predicted octanol–water partition coefficient (Wildman–Crippen LogP) is 5.60. The van der Waals surface area contributed by atoms with Crippen molar-refractivity contribution in [2.45, 2.75) is 44.1 Å². The minimum atomic E-state index is 0.154. The predicted molar refractivity (Wildman–Crippen MR) is 113 cm³/mol. The topological polar surface area (TPSA) is 28.3 Å². The Morgan fingerprint density at radius 1 is 1.04 bits per heavy atom. The average Bonchev–Trinajstić information content (AvgIpc) is 3.04. The summed E-state index contributed by atoms with van der Waals surface area (Å²) in [6.07, 6.45) is 4.79. The molecule has 0 atom stereocenters. The fourth-order valence-corrected chi connectivity index (χ4v) is 4.99. The fraction of sp³-hybridized carbons (Fsp3) is 0.417. The van der Waals surface area contributed by atoms with Crippen molar-refractivity contribution in [2.75, 3.05) is 21.2 Å². The first kappa shape index (κ1) is 18.1. The van der Waals surface area contributed by atoms with Crippen LogP contribution in [0.5, 0.6) is 5.75 Å². The lowest BCUT2D eigenvalue weighted by molar-refractivity contribution is 0.0904. The third kappa shape index (κ3) is 3.04. The highest BCUT2D eigenvalue weighted by Crippen LogP contribution is 2.47. The smallest absolute Gasteiger partial charge is 0.119 e. The second-order valence-corrected chi connectivity index (χ2v) is 8.14. The molecular weight excluding hydrogens is 332 g/mol. The summed E-state index contributed by atoms with van der Waals surface area (Å²) in [5, 5.41) is 1.29. The summed E-state index contributed by atoms with van der Waals surface area (Å²) >= 11 is 0. The summed E-state index contributed by atoms with van der Waals surface area (Å²) in [6.45, 7) is 2.25. The minimum absolute atomic E-state index is 0.154. The molecule has 1 heterocycles. The highest BCUT2D eigenvalue weighted by Gasteiger charge is 2.39. The van der Waals surface area contributed by atoms with Crippen LogP contribution >= 0.6 is 0 Å². The number of nitrogens with one attached hydrogen (secondary N) is 1. The Labute approximate surface area is 162 Å². The lowest BCUT2D eigenvalue weighted by Gasteiger charge is -2.45. The van der Waals surface area contributed by atoms with E-state index in [1.165, 1.54) is 53.4 Å². The van der Waals surface area contributed by atoms with Gasteiger partial charge in [-0.2, -0.15) is 0 Å². The zero-order valence-corrected chi connectivity index (χ0v) is 16.9. The molecule has 0 amide bonds.